The van der Waals surface area contributed by atoms with Gasteiger partial charge < -0.3 is 4.18 Å². The predicted octanol–water partition coefficient (Wildman–Crippen LogP) is 4.30. The highest BCUT2D eigenvalue weighted by molar-refractivity contribution is 7.90. The minimum Gasteiger partial charge on any atom is -0.376 e. The van der Waals surface area contributed by atoms with Gasteiger partial charge in [-0.25, -0.2) is 4.31 Å². The highest BCUT2D eigenvalue weighted by Crippen LogP contribution is 2.45. The smallest absolute Gasteiger partial charge is 0.376 e. The molecule has 3 aliphatic rings. The fourth-order valence-corrected chi connectivity index (χ4v) is 3.97. The second-order valence-electron chi connectivity index (χ2n) is 6.17. The van der Waals surface area contributed by atoms with Crippen LogP contribution in [0.15, 0.2) is 61.0 Å². The van der Waals surface area contributed by atoms with Gasteiger partial charge >= 0.3 is 31.2 Å². The van der Waals surface area contributed by atoms with Crippen molar-refractivity contribution in [3.8, 4) is 16.9 Å². The van der Waals surface area contributed by atoms with Crippen LogP contribution in [0, 0.1) is 0 Å². The third-order valence-electron chi connectivity index (χ3n) is 4.18. The Kier molecular flexibility index (Phi) is 5.51. The Morgan fingerprint density at radius 1 is 0.839 bits per heavy atom. The Labute approximate surface area is 172 Å². The van der Waals surface area contributed by atoms with Gasteiger partial charge in [-0.05, 0) is 17.2 Å². The fourth-order valence-electron chi connectivity index (χ4n) is 2.80. The maximum Gasteiger partial charge on any atom is 0.534 e. The molecule has 0 aromatic heterocycles. The van der Waals surface area contributed by atoms with E-state index in [1.165, 1.54) is 24.3 Å². The van der Waals surface area contributed by atoms with Gasteiger partial charge in [0.2, 0.25) is 0 Å². The van der Waals surface area contributed by atoms with Gasteiger partial charge in [0.25, 0.3) is 0 Å². The van der Waals surface area contributed by atoms with Crippen LogP contribution in [0.25, 0.3) is 11.1 Å². The van der Waals surface area contributed by atoms with Crippen LogP contribution in [0.1, 0.15) is 11.5 Å². The molecule has 3 rings (SSSR count). The van der Waals surface area contributed by atoms with Gasteiger partial charge in [0, 0.05) is 23.9 Å². The lowest BCUT2D eigenvalue weighted by Crippen LogP contribution is -2.35. The Morgan fingerprint density at radius 3 is 1.97 bits per heavy atom. The quantitative estimate of drug-likeness (QED) is 0.365. The number of nitrogens with zero attached hydrogens (tertiary/aromatic N) is 1. The molecule has 0 N–H and O–H groups in total. The zero-order chi connectivity index (χ0) is 23.2. The number of hydrogen-bond donors (Lipinski definition) is 0. The summed E-state index contributed by atoms with van der Waals surface area (Å²) in [6, 6.07) is 8.55. The predicted molar refractivity (Wildman–Crippen MR) is 96.5 cm³/mol. The molecule has 14 heteroatoms. The number of halogens is 6. The van der Waals surface area contributed by atoms with Gasteiger partial charge in [0.05, 0.1) is 0 Å². The van der Waals surface area contributed by atoms with Crippen LogP contribution in [0.2, 0.25) is 0 Å². The third kappa shape index (κ3) is 4.21. The number of hydrogen-bond acceptors (Lipinski definition) is 5. The normalized spacial score (nSPS) is 16.1. The monoisotopic (exact) mass is 487 g/mol. The minimum atomic E-state index is -6.03. The van der Waals surface area contributed by atoms with Crippen LogP contribution >= 0.6 is 0 Å². The molecule has 0 unspecified atom stereocenters. The first-order valence-corrected chi connectivity index (χ1v) is 11.0. The summed E-state index contributed by atoms with van der Waals surface area (Å²) in [5, 5.41) is 0. The molecule has 0 saturated carbocycles. The van der Waals surface area contributed by atoms with Crippen LogP contribution in [-0.4, -0.2) is 32.2 Å². The molecule has 0 aromatic rings. The van der Waals surface area contributed by atoms with Gasteiger partial charge in [-0.1, -0.05) is 42.5 Å². The van der Waals surface area contributed by atoms with Crippen molar-refractivity contribution in [2.24, 2.45) is 0 Å². The molecule has 0 aromatic carbocycles. The van der Waals surface area contributed by atoms with E-state index in [1.807, 2.05) is 0 Å². The highest BCUT2D eigenvalue weighted by atomic mass is 32.2. The maximum atomic E-state index is 12.8. The summed E-state index contributed by atoms with van der Waals surface area (Å²) in [4.78, 5) is 0. The number of rotatable bonds is 4. The second-order valence-corrected chi connectivity index (χ2v) is 9.55. The molecule has 2 aliphatic carbocycles. The van der Waals surface area contributed by atoms with Crippen LogP contribution in [0.3, 0.4) is 0 Å². The average Bonchev–Trinajstić information content (AvgIpc) is 2.80. The Hall–Kier alpha value is -2.74. The van der Waals surface area contributed by atoms with E-state index < -0.39 is 42.8 Å². The van der Waals surface area contributed by atoms with Crippen molar-refractivity contribution < 1.29 is 47.4 Å². The lowest BCUT2D eigenvalue weighted by Gasteiger charge is -2.23. The summed E-state index contributed by atoms with van der Waals surface area (Å²) in [5.41, 5.74) is -10.8. The van der Waals surface area contributed by atoms with E-state index in [1.54, 1.807) is 6.07 Å². The van der Waals surface area contributed by atoms with Gasteiger partial charge in [0.15, 0.2) is 0 Å². The Bertz CT molecular complexity index is 1220. The number of alkyl halides is 6. The first kappa shape index (κ1) is 22.9. The summed E-state index contributed by atoms with van der Waals surface area (Å²) in [6.07, 6.45) is 3.05. The largest absolute Gasteiger partial charge is 0.534 e. The van der Waals surface area contributed by atoms with E-state index in [0.29, 0.717) is 18.0 Å². The van der Waals surface area contributed by atoms with Gasteiger partial charge in [-0.2, -0.15) is 43.2 Å². The Morgan fingerprint density at radius 2 is 1.42 bits per heavy atom. The zero-order valence-electron chi connectivity index (χ0n) is 14.9. The van der Waals surface area contributed by atoms with Crippen molar-refractivity contribution >= 4 is 20.1 Å². The lowest BCUT2D eigenvalue weighted by atomic mass is 9.95. The molecule has 0 fully saturated rings. The summed E-state index contributed by atoms with van der Waals surface area (Å²) < 4.78 is 127. The van der Waals surface area contributed by atoms with Crippen molar-refractivity contribution in [3.63, 3.8) is 0 Å². The van der Waals surface area contributed by atoms with E-state index in [2.05, 4.69) is 4.18 Å². The average molecular weight is 487 g/mol. The number of fused-ring (bicyclic) bond motifs is 1. The number of sulfonamides is 1. The molecular formula is C17H11F6NO5S2. The topological polar surface area (TPSA) is 80.8 Å². The number of allylic oxidation sites excluding steroid dienone is 2. The van der Waals surface area contributed by atoms with E-state index >= 15 is 0 Å². The van der Waals surface area contributed by atoms with Crippen LogP contribution < -0.4 is 4.18 Å². The molecule has 31 heavy (non-hydrogen) atoms. The third-order valence-corrected chi connectivity index (χ3v) is 6.53. The van der Waals surface area contributed by atoms with Crippen LogP contribution in [-0.2, 0) is 20.1 Å². The lowest BCUT2D eigenvalue weighted by molar-refractivity contribution is -0.0500. The molecule has 0 amide bonds. The van der Waals surface area contributed by atoms with Crippen molar-refractivity contribution in [1.29, 1.82) is 0 Å². The van der Waals surface area contributed by atoms with E-state index in [9.17, 15) is 43.2 Å². The van der Waals surface area contributed by atoms with Crippen molar-refractivity contribution in [2.45, 2.75) is 16.9 Å². The summed E-state index contributed by atoms with van der Waals surface area (Å²) in [6.45, 7) is 0. The molecule has 0 radical (unpaired) electrons. The summed E-state index contributed by atoms with van der Waals surface area (Å²) >= 11 is 0. The molecule has 0 atom stereocenters. The first-order chi connectivity index (χ1) is 14.1. The molecule has 0 bridgehead atoms. The molecule has 1 aliphatic heterocycles. The molecule has 168 valence electrons. The molecule has 0 saturated heterocycles. The molecule has 6 nitrogen and oxygen atoms in total. The Balaban J connectivity index is 2.08. The minimum absolute atomic E-state index is 0.101. The maximum absolute atomic E-state index is 12.8. The van der Waals surface area contributed by atoms with E-state index in [4.69, 9.17) is 0 Å². The standard InChI is InChI=1S/C17H11F6NO5S2/c18-16(19,20)30(25,26)24-8-6-11(7-9-24)15-13-5-3-1-2-4-12(13)10-14(15)29-31(27,28)17(21,22)23/h1-11H. The SMILES string of the molecule is O=S(=O)(Oc1cc2cccccc-2c1C1C=CN(S(=O)(=O)C(F)(F)F)C=C1)C(F)(F)F. The second kappa shape index (κ2) is 7.44. The highest BCUT2D eigenvalue weighted by Gasteiger charge is 2.50. The van der Waals surface area contributed by atoms with Crippen LogP contribution in [0.5, 0.6) is 5.75 Å². The van der Waals surface area contributed by atoms with Crippen molar-refractivity contribution in [1.82, 2.24) is 4.31 Å². The molecule has 1 heterocycles. The van der Waals surface area contributed by atoms with Gasteiger partial charge in [-0.3, -0.25) is 0 Å². The molecule has 0 spiro atoms. The van der Waals surface area contributed by atoms with Crippen molar-refractivity contribution in [3.05, 3.63) is 66.5 Å². The first-order valence-electron chi connectivity index (χ1n) is 8.14. The molecular weight excluding hydrogens is 476 g/mol. The van der Waals surface area contributed by atoms with E-state index in [-0.39, 0.29) is 15.4 Å². The summed E-state index contributed by atoms with van der Waals surface area (Å²) in [5.74, 6) is -1.78. The van der Waals surface area contributed by atoms with Crippen LogP contribution in [0.4, 0.5) is 26.3 Å². The van der Waals surface area contributed by atoms with Crippen molar-refractivity contribution in [2.75, 3.05) is 0 Å². The van der Waals surface area contributed by atoms with Gasteiger partial charge in [-0.15, -0.1) is 0 Å². The zero-order valence-corrected chi connectivity index (χ0v) is 16.6. The van der Waals surface area contributed by atoms with E-state index in [0.717, 1.165) is 18.2 Å². The fraction of sp³-hybridized carbons (Fsp3) is 0.176. The summed E-state index contributed by atoms with van der Waals surface area (Å²) in [7, 11) is -11.8. The van der Waals surface area contributed by atoms with Gasteiger partial charge in [0.1, 0.15) is 5.75 Å².